The van der Waals surface area contributed by atoms with E-state index in [2.05, 4.69) is 5.32 Å². The number of rotatable bonds is 6. The lowest BCUT2D eigenvalue weighted by Crippen LogP contribution is -2.36. The molecule has 2 rings (SSSR count). The lowest BCUT2D eigenvalue weighted by Gasteiger charge is -2.22. The molecular formula is C18H25N3O3. The molecule has 0 aromatic heterocycles. The summed E-state index contributed by atoms with van der Waals surface area (Å²) in [6, 6.07) is 4.49. The van der Waals surface area contributed by atoms with Gasteiger partial charge in [0.25, 0.3) is 11.8 Å². The molecular weight excluding hydrogens is 306 g/mol. The molecule has 0 radical (unpaired) electrons. The second-order valence-electron chi connectivity index (χ2n) is 6.25. The Labute approximate surface area is 142 Å². The van der Waals surface area contributed by atoms with E-state index < -0.39 is 0 Å². The first kappa shape index (κ1) is 18.0. The Morgan fingerprint density at radius 2 is 1.67 bits per heavy atom. The molecule has 1 aromatic carbocycles. The van der Waals surface area contributed by atoms with E-state index in [1.807, 2.05) is 13.8 Å². The van der Waals surface area contributed by atoms with Crippen LogP contribution in [0.3, 0.4) is 0 Å². The minimum Gasteiger partial charge on any atom is -0.325 e. The average molecular weight is 331 g/mol. The molecule has 0 aliphatic carbocycles. The Hall–Kier alpha value is -2.37. The number of carbonyl (C=O) groups is 3. The number of urea groups is 1. The maximum atomic E-state index is 12.4. The van der Waals surface area contributed by atoms with Gasteiger partial charge in [0.15, 0.2) is 0 Å². The fourth-order valence-electron chi connectivity index (χ4n) is 2.86. The minimum atomic E-state index is -0.305. The number of nitrogens with zero attached hydrogens (tertiary/aromatic N) is 2. The Morgan fingerprint density at radius 1 is 1.08 bits per heavy atom. The third-order valence-corrected chi connectivity index (χ3v) is 3.96. The van der Waals surface area contributed by atoms with E-state index in [4.69, 9.17) is 0 Å². The van der Waals surface area contributed by atoms with Gasteiger partial charge in [-0.25, -0.2) is 4.79 Å². The highest BCUT2D eigenvalue weighted by molar-refractivity contribution is 6.22. The van der Waals surface area contributed by atoms with Crippen LogP contribution in [0.2, 0.25) is 0 Å². The second-order valence-corrected chi connectivity index (χ2v) is 6.25. The Morgan fingerprint density at radius 3 is 2.21 bits per heavy atom. The number of carbonyl (C=O) groups excluding carboxylic acids is 3. The summed E-state index contributed by atoms with van der Waals surface area (Å²) in [5.74, 6) is -0.582. The summed E-state index contributed by atoms with van der Waals surface area (Å²) >= 11 is 0. The van der Waals surface area contributed by atoms with Crippen LogP contribution in [-0.4, -0.2) is 46.8 Å². The van der Waals surface area contributed by atoms with Gasteiger partial charge in [-0.05, 0) is 44.9 Å². The zero-order chi connectivity index (χ0) is 17.9. The van der Waals surface area contributed by atoms with Crippen molar-refractivity contribution >= 4 is 23.5 Å². The Kier molecular flexibility index (Phi) is 5.59. The molecule has 1 aliphatic rings. The fourth-order valence-corrected chi connectivity index (χ4v) is 2.86. The molecule has 0 saturated carbocycles. The molecule has 0 bridgehead atoms. The molecule has 1 aliphatic heterocycles. The van der Waals surface area contributed by atoms with Gasteiger partial charge in [-0.15, -0.1) is 0 Å². The van der Waals surface area contributed by atoms with Crippen LogP contribution >= 0.6 is 0 Å². The van der Waals surface area contributed by atoms with Crippen molar-refractivity contribution in [1.82, 2.24) is 9.80 Å². The van der Waals surface area contributed by atoms with Crippen molar-refractivity contribution in [1.29, 1.82) is 0 Å². The van der Waals surface area contributed by atoms with Crippen LogP contribution in [0.25, 0.3) is 0 Å². The average Bonchev–Trinajstić information content (AvgIpc) is 2.78. The zero-order valence-electron chi connectivity index (χ0n) is 14.8. The van der Waals surface area contributed by atoms with E-state index in [0.29, 0.717) is 29.9 Å². The van der Waals surface area contributed by atoms with E-state index in [1.54, 1.807) is 36.9 Å². The first-order valence-corrected chi connectivity index (χ1v) is 8.48. The number of hydrogen-bond acceptors (Lipinski definition) is 3. The van der Waals surface area contributed by atoms with Gasteiger partial charge in [0.1, 0.15) is 0 Å². The van der Waals surface area contributed by atoms with Gasteiger partial charge in [-0.1, -0.05) is 13.8 Å². The van der Waals surface area contributed by atoms with Crippen LogP contribution in [0.4, 0.5) is 10.5 Å². The SMILES string of the molecule is CCCN(CCC)C(=O)Nc1ccc2c(c1)C(=O)N(C(C)C)C2=O. The molecule has 1 heterocycles. The van der Waals surface area contributed by atoms with E-state index in [0.717, 1.165) is 12.8 Å². The molecule has 130 valence electrons. The predicted octanol–water partition coefficient (Wildman–Crippen LogP) is 3.34. The largest absolute Gasteiger partial charge is 0.325 e. The van der Waals surface area contributed by atoms with Crippen molar-refractivity contribution in [3.8, 4) is 0 Å². The molecule has 0 unspecified atom stereocenters. The molecule has 1 N–H and O–H groups in total. The third-order valence-electron chi connectivity index (χ3n) is 3.96. The topological polar surface area (TPSA) is 69.7 Å². The molecule has 0 spiro atoms. The van der Waals surface area contributed by atoms with Gasteiger partial charge < -0.3 is 10.2 Å². The highest BCUT2D eigenvalue weighted by Gasteiger charge is 2.37. The first-order valence-electron chi connectivity index (χ1n) is 8.48. The maximum Gasteiger partial charge on any atom is 0.321 e. The highest BCUT2D eigenvalue weighted by atomic mass is 16.2. The van der Waals surface area contributed by atoms with Crippen molar-refractivity contribution in [2.24, 2.45) is 0 Å². The molecule has 4 amide bonds. The van der Waals surface area contributed by atoms with Crippen LogP contribution in [0, 0.1) is 0 Å². The molecule has 0 fully saturated rings. The molecule has 6 nitrogen and oxygen atoms in total. The quantitative estimate of drug-likeness (QED) is 0.813. The predicted molar refractivity (Wildman–Crippen MR) is 93.3 cm³/mol. The third kappa shape index (κ3) is 3.42. The summed E-state index contributed by atoms with van der Waals surface area (Å²) in [5.41, 5.74) is 1.28. The van der Waals surface area contributed by atoms with Gasteiger partial charge in [-0.2, -0.15) is 0 Å². The summed E-state index contributed by atoms with van der Waals surface area (Å²) in [4.78, 5) is 40.0. The number of amides is 4. The van der Waals surface area contributed by atoms with Crippen molar-refractivity contribution in [2.45, 2.75) is 46.6 Å². The lowest BCUT2D eigenvalue weighted by atomic mass is 10.1. The summed E-state index contributed by atoms with van der Waals surface area (Å²) in [5, 5.41) is 2.83. The smallest absolute Gasteiger partial charge is 0.321 e. The zero-order valence-corrected chi connectivity index (χ0v) is 14.8. The summed E-state index contributed by atoms with van der Waals surface area (Å²) in [6.07, 6.45) is 1.77. The minimum absolute atomic E-state index is 0.184. The number of benzene rings is 1. The standard InChI is InChI=1S/C18H25N3O3/c1-5-9-20(10-6-2)18(24)19-13-7-8-14-15(11-13)17(23)21(12(3)4)16(14)22/h7-8,11-12H,5-6,9-10H2,1-4H3,(H,19,24). The van der Waals surface area contributed by atoms with Gasteiger partial charge >= 0.3 is 6.03 Å². The highest BCUT2D eigenvalue weighted by Crippen LogP contribution is 2.27. The number of nitrogens with one attached hydrogen (secondary N) is 1. The second kappa shape index (κ2) is 7.47. The molecule has 24 heavy (non-hydrogen) atoms. The monoisotopic (exact) mass is 331 g/mol. The number of fused-ring (bicyclic) bond motifs is 1. The van der Waals surface area contributed by atoms with Crippen LogP contribution in [0.5, 0.6) is 0 Å². The lowest BCUT2D eigenvalue weighted by molar-refractivity contribution is 0.0609. The molecule has 6 heteroatoms. The van der Waals surface area contributed by atoms with Crippen molar-refractivity contribution in [2.75, 3.05) is 18.4 Å². The van der Waals surface area contributed by atoms with E-state index in [9.17, 15) is 14.4 Å². The van der Waals surface area contributed by atoms with E-state index in [-0.39, 0.29) is 23.9 Å². The van der Waals surface area contributed by atoms with Gasteiger partial charge in [-0.3, -0.25) is 14.5 Å². The number of imide groups is 1. The van der Waals surface area contributed by atoms with Crippen molar-refractivity contribution < 1.29 is 14.4 Å². The van der Waals surface area contributed by atoms with Crippen molar-refractivity contribution in [3.63, 3.8) is 0 Å². The summed E-state index contributed by atoms with van der Waals surface area (Å²) in [7, 11) is 0. The van der Waals surface area contributed by atoms with Crippen LogP contribution in [0.15, 0.2) is 18.2 Å². The van der Waals surface area contributed by atoms with Gasteiger partial charge in [0.2, 0.25) is 0 Å². The van der Waals surface area contributed by atoms with Crippen LogP contribution in [-0.2, 0) is 0 Å². The Bertz CT molecular complexity index is 649. The number of hydrogen-bond donors (Lipinski definition) is 1. The summed E-state index contributed by atoms with van der Waals surface area (Å²) < 4.78 is 0. The fraction of sp³-hybridized carbons (Fsp3) is 0.500. The van der Waals surface area contributed by atoms with Crippen LogP contribution < -0.4 is 5.32 Å². The normalized spacial score (nSPS) is 13.5. The molecule has 0 atom stereocenters. The van der Waals surface area contributed by atoms with Gasteiger partial charge in [0.05, 0.1) is 11.1 Å². The summed E-state index contributed by atoms with van der Waals surface area (Å²) in [6.45, 7) is 9.02. The van der Waals surface area contributed by atoms with Gasteiger partial charge in [0, 0.05) is 24.8 Å². The van der Waals surface area contributed by atoms with Crippen LogP contribution in [0.1, 0.15) is 61.3 Å². The van der Waals surface area contributed by atoms with E-state index in [1.165, 1.54) is 4.90 Å². The van der Waals surface area contributed by atoms with Crippen molar-refractivity contribution in [3.05, 3.63) is 29.3 Å². The maximum absolute atomic E-state index is 12.4. The Balaban J connectivity index is 2.20. The molecule has 1 aromatic rings. The van der Waals surface area contributed by atoms with E-state index >= 15 is 0 Å². The number of anilines is 1. The molecule has 0 saturated heterocycles. The first-order chi connectivity index (χ1) is 11.4.